The number of urea groups is 1. The Hall–Kier alpha value is -2.04. The predicted octanol–water partition coefficient (Wildman–Crippen LogP) is 2.72. The lowest BCUT2D eigenvalue weighted by atomic mass is 9.92. The first-order chi connectivity index (χ1) is 9.86. The Morgan fingerprint density at radius 1 is 1.24 bits per heavy atom. The number of carbonyl (C=O) groups is 2. The standard InChI is InChI=1S/C16H24N2O3/c1-12(2)8-7-11-17-15(21)18-16(3,14(19)20)13-9-5-4-6-10-13/h4-6,9-10,12H,7-8,11H2,1-3H3,(H,19,20)(H2,17,18,21). The summed E-state index contributed by atoms with van der Waals surface area (Å²) in [5.74, 6) is -0.505. The lowest BCUT2D eigenvalue weighted by molar-refractivity contribution is -0.144. The number of rotatable bonds is 7. The van der Waals surface area contributed by atoms with Gasteiger partial charge in [0.25, 0.3) is 0 Å². The van der Waals surface area contributed by atoms with Crippen molar-refractivity contribution in [3.8, 4) is 0 Å². The monoisotopic (exact) mass is 292 g/mol. The van der Waals surface area contributed by atoms with Crippen molar-refractivity contribution in [3.05, 3.63) is 35.9 Å². The third-order valence-electron chi connectivity index (χ3n) is 3.39. The number of carboxylic acid groups (broad SMARTS) is 1. The Morgan fingerprint density at radius 2 is 1.86 bits per heavy atom. The van der Waals surface area contributed by atoms with Crippen LogP contribution in [0, 0.1) is 5.92 Å². The van der Waals surface area contributed by atoms with Gasteiger partial charge < -0.3 is 15.7 Å². The largest absolute Gasteiger partial charge is 0.479 e. The summed E-state index contributed by atoms with van der Waals surface area (Å²) in [5, 5.41) is 14.7. The minimum atomic E-state index is -1.44. The van der Waals surface area contributed by atoms with Crippen LogP contribution in [0.15, 0.2) is 30.3 Å². The topological polar surface area (TPSA) is 78.4 Å². The molecule has 0 aromatic heterocycles. The average Bonchev–Trinajstić information content (AvgIpc) is 2.44. The average molecular weight is 292 g/mol. The first kappa shape index (κ1) is 17.0. The van der Waals surface area contributed by atoms with Gasteiger partial charge in [0, 0.05) is 6.54 Å². The van der Waals surface area contributed by atoms with Crippen LogP contribution >= 0.6 is 0 Å². The SMILES string of the molecule is CC(C)CCCNC(=O)NC(C)(C(=O)O)c1ccccc1. The zero-order valence-corrected chi connectivity index (χ0v) is 12.8. The third kappa shape index (κ3) is 5.10. The minimum absolute atomic E-state index is 0.465. The zero-order chi connectivity index (χ0) is 15.9. The number of hydrogen-bond donors (Lipinski definition) is 3. The molecule has 1 atom stereocenters. The van der Waals surface area contributed by atoms with Gasteiger partial charge in [0.2, 0.25) is 0 Å². The van der Waals surface area contributed by atoms with Crippen LogP contribution in [0.4, 0.5) is 4.79 Å². The molecular weight excluding hydrogens is 268 g/mol. The molecule has 3 N–H and O–H groups in total. The fraction of sp³-hybridized carbons (Fsp3) is 0.500. The van der Waals surface area contributed by atoms with Crippen molar-refractivity contribution >= 4 is 12.0 Å². The molecule has 116 valence electrons. The molecule has 1 rings (SSSR count). The van der Waals surface area contributed by atoms with Crippen molar-refractivity contribution in [1.29, 1.82) is 0 Å². The Labute approximate surface area is 125 Å². The number of carbonyl (C=O) groups excluding carboxylic acids is 1. The number of carboxylic acids is 1. The smallest absolute Gasteiger partial charge is 0.333 e. The summed E-state index contributed by atoms with van der Waals surface area (Å²) in [6.45, 7) is 6.26. The fourth-order valence-electron chi connectivity index (χ4n) is 2.00. The molecular formula is C16H24N2O3. The molecule has 0 saturated carbocycles. The quantitative estimate of drug-likeness (QED) is 0.676. The molecule has 5 heteroatoms. The van der Waals surface area contributed by atoms with Gasteiger partial charge in [0.1, 0.15) is 0 Å². The van der Waals surface area contributed by atoms with Gasteiger partial charge in [-0.2, -0.15) is 0 Å². The number of benzene rings is 1. The molecule has 21 heavy (non-hydrogen) atoms. The summed E-state index contributed by atoms with van der Waals surface area (Å²) in [6.07, 6.45) is 1.90. The third-order valence-corrected chi connectivity index (χ3v) is 3.39. The first-order valence-electron chi connectivity index (χ1n) is 7.21. The van der Waals surface area contributed by atoms with E-state index in [0.717, 1.165) is 12.8 Å². The number of hydrogen-bond acceptors (Lipinski definition) is 2. The van der Waals surface area contributed by atoms with E-state index < -0.39 is 17.5 Å². The van der Waals surface area contributed by atoms with Crippen molar-refractivity contribution < 1.29 is 14.7 Å². The Morgan fingerprint density at radius 3 is 2.38 bits per heavy atom. The van der Waals surface area contributed by atoms with E-state index in [1.165, 1.54) is 6.92 Å². The highest BCUT2D eigenvalue weighted by atomic mass is 16.4. The Kier molecular flexibility index (Phi) is 6.21. The van der Waals surface area contributed by atoms with Crippen LogP contribution in [-0.2, 0) is 10.3 Å². The molecule has 1 unspecified atom stereocenters. The van der Waals surface area contributed by atoms with Crippen LogP contribution in [0.3, 0.4) is 0 Å². The van der Waals surface area contributed by atoms with E-state index in [9.17, 15) is 14.7 Å². The Bertz CT molecular complexity index is 474. The summed E-state index contributed by atoms with van der Waals surface area (Å²) >= 11 is 0. The van der Waals surface area contributed by atoms with E-state index in [2.05, 4.69) is 24.5 Å². The molecule has 0 aliphatic rings. The molecule has 0 saturated heterocycles. The molecule has 0 spiro atoms. The summed E-state index contributed by atoms with van der Waals surface area (Å²) in [5.41, 5.74) is -0.904. The maximum Gasteiger partial charge on any atom is 0.333 e. The van der Waals surface area contributed by atoms with E-state index in [-0.39, 0.29) is 0 Å². The highest BCUT2D eigenvalue weighted by Gasteiger charge is 2.36. The van der Waals surface area contributed by atoms with E-state index >= 15 is 0 Å². The molecule has 1 aromatic carbocycles. The van der Waals surface area contributed by atoms with Crippen LogP contribution in [-0.4, -0.2) is 23.7 Å². The van der Waals surface area contributed by atoms with Gasteiger partial charge in [-0.05, 0) is 31.2 Å². The van der Waals surface area contributed by atoms with Crippen molar-refractivity contribution in [2.75, 3.05) is 6.54 Å². The second kappa shape index (κ2) is 7.67. The summed E-state index contributed by atoms with van der Waals surface area (Å²) in [7, 11) is 0. The molecule has 0 fully saturated rings. The van der Waals surface area contributed by atoms with Crippen molar-refractivity contribution in [3.63, 3.8) is 0 Å². The van der Waals surface area contributed by atoms with Crippen LogP contribution in [0.5, 0.6) is 0 Å². The second-order valence-corrected chi connectivity index (χ2v) is 5.71. The molecule has 2 amide bonds. The maximum atomic E-state index is 11.9. The van der Waals surface area contributed by atoms with E-state index in [4.69, 9.17) is 0 Å². The highest BCUT2D eigenvalue weighted by Crippen LogP contribution is 2.20. The Balaban J connectivity index is 2.63. The second-order valence-electron chi connectivity index (χ2n) is 5.71. The maximum absolute atomic E-state index is 11.9. The molecule has 1 aromatic rings. The van der Waals surface area contributed by atoms with Crippen LogP contribution < -0.4 is 10.6 Å². The molecule has 0 aliphatic heterocycles. The van der Waals surface area contributed by atoms with E-state index in [1.807, 2.05) is 0 Å². The molecule has 0 aliphatic carbocycles. The lowest BCUT2D eigenvalue weighted by Gasteiger charge is -2.26. The molecule has 0 heterocycles. The lowest BCUT2D eigenvalue weighted by Crippen LogP contribution is -2.53. The van der Waals surface area contributed by atoms with Crippen LogP contribution in [0.1, 0.15) is 39.2 Å². The fourth-order valence-corrected chi connectivity index (χ4v) is 2.00. The molecule has 0 radical (unpaired) electrons. The zero-order valence-electron chi connectivity index (χ0n) is 12.8. The molecule has 0 bridgehead atoms. The summed E-state index contributed by atoms with van der Waals surface area (Å²) in [4.78, 5) is 23.4. The van der Waals surface area contributed by atoms with Crippen LogP contribution in [0.2, 0.25) is 0 Å². The predicted molar refractivity (Wildman–Crippen MR) is 82.0 cm³/mol. The summed E-state index contributed by atoms with van der Waals surface area (Å²) in [6, 6.07) is 8.21. The van der Waals surface area contributed by atoms with Crippen molar-refractivity contribution in [1.82, 2.24) is 10.6 Å². The van der Waals surface area contributed by atoms with E-state index in [0.29, 0.717) is 18.0 Å². The number of amides is 2. The first-order valence-corrected chi connectivity index (χ1v) is 7.21. The van der Waals surface area contributed by atoms with Gasteiger partial charge in [0.05, 0.1) is 0 Å². The minimum Gasteiger partial charge on any atom is -0.479 e. The van der Waals surface area contributed by atoms with Gasteiger partial charge in [-0.15, -0.1) is 0 Å². The normalized spacial score (nSPS) is 13.5. The van der Waals surface area contributed by atoms with Gasteiger partial charge >= 0.3 is 12.0 Å². The molecule has 5 nitrogen and oxygen atoms in total. The highest BCUT2D eigenvalue weighted by molar-refractivity contribution is 5.87. The van der Waals surface area contributed by atoms with Gasteiger partial charge in [-0.3, -0.25) is 0 Å². The summed E-state index contributed by atoms with van der Waals surface area (Å²) < 4.78 is 0. The number of nitrogens with one attached hydrogen (secondary N) is 2. The van der Waals surface area contributed by atoms with Crippen molar-refractivity contribution in [2.45, 2.75) is 39.2 Å². The van der Waals surface area contributed by atoms with Gasteiger partial charge in [-0.25, -0.2) is 9.59 Å². The van der Waals surface area contributed by atoms with Crippen molar-refractivity contribution in [2.24, 2.45) is 5.92 Å². The van der Waals surface area contributed by atoms with Crippen LogP contribution in [0.25, 0.3) is 0 Å². The van der Waals surface area contributed by atoms with Gasteiger partial charge in [-0.1, -0.05) is 44.2 Å². The van der Waals surface area contributed by atoms with E-state index in [1.54, 1.807) is 30.3 Å². The van der Waals surface area contributed by atoms with Gasteiger partial charge in [0.15, 0.2) is 5.54 Å². The number of aliphatic carboxylic acids is 1.